The Morgan fingerprint density at radius 2 is 2.41 bits per heavy atom. The van der Waals surface area contributed by atoms with Gasteiger partial charge in [0.2, 0.25) is 0 Å². The Labute approximate surface area is 102 Å². The van der Waals surface area contributed by atoms with Crippen LogP contribution in [0.3, 0.4) is 0 Å². The van der Waals surface area contributed by atoms with Crippen LogP contribution in [0.5, 0.6) is 0 Å². The molecule has 0 aromatic carbocycles. The number of ether oxygens (including phenoxy) is 1. The maximum atomic E-state index is 5.95. The summed E-state index contributed by atoms with van der Waals surface area (Å²) < 4.78 is 8.08. The SMILES string of the molecule is NCCc1cnn(C2CCOC3(CCC3)C2)c1. The quantitative estimate of drug-likeness (QED) is 0.867. The standard InChI is InChI=1S/C13H21N3O/c14-6-2-11-9-15-16(10-11)12-3-7-17-13(8-12)4-1-5-13/h9-10,12H,1-8,14H2. The Kier molecular flexibility index (Phi) is 2.92. The third-order valence-electron chi connectivity index (χ3n) is 4.19. The predicted octanol–water partition coefficient (Wildman–Crippen LogP) is 1.66. The third kappa shape index (κ3) is 2.11. The molecule has 1 aliphatic heterocycles. The van der Waals surface area contributed by atoms with E-state index < -0.39 is 0 Å². The van der Waals surface area contributed by atoms with E-state index in [4.69, 9.17) is 10.5 Å². The van der Waals surface area contributed by atoms with E-state index in [9.17, 15) is 0 Å². The van der Waals surface area contributed by atoms with Crippen LogP contribution in [0, 0.1) is 0 Å². The Morgan fingerprint density at radius 3 is 3.12 bits per heavy atom. The molecule has 1 unspecified atom stereocenters. The van der Waals surface area contributed by atoms with Gasteiger partial charge in [0.15, 0.2) is 0 Å². The van der Waals surface area contributed by atoms with Gasteiger partial charge < -0.3 is 10.5 Å². The summed E-state index contributed by atoms with van der Waals surface area (Å²) in [4.78, 5) is 0. The van der Waals surface area contributed by atoms with Crippen LogP contribution in [0.4, 0.5) is 0 Å². The average molecular weight is 235 g/mol. The van der Waals surface area contributed by atoms with Gasteiger partial charge in [-0.25, -0.2) is 0 Å². The zero-order chi connectivity index (χ0) is 11.7. The summed E-state index contributed by atoms with van der Waals surface area (Å²) in [5.74, 6) is 0. The molecule has 1 aromatic heterocycles. The molecule has 17 heavy (non-hydrogen) atoms. The first kappa shape index (κ1) is 11.2. The molecule has 1 saturated heterocycles. The summed E-state index contributed by atoms with van der Waals surface area (Å²) >= 11 is 0. The smallest absolute Gasteiger partial charge is 0.0703 e. The number of hydrogen-bond donors (Lipinski definition) is 1. The van der Waals surface area contributed by atoms with Crippen LogP contribution in [0.15, 0.2) is 12.4 Å². The van der Waals surface area contributed by atoms with Crippen LogP contribution < -0.4 is 5.73 Å². The molecular weight excluding hydrogens is 214 g/mol. The lowest BCUT2D eigenvalue weighted by atomic mass is 9.74. The van der Waals surface area contributed by atoms with Gasteiger partial charge >= 0.3 is 0 Å². The Balaban J connectivity index is 1.69. The summed E-state index contributed by atoms with van der Waals surface area (Å²) in [6.45, 7) is 1.58. The molecule has 2 N–H and O–H groups in total. The molecule has 4 nitrogen and oxygen atoms in total. The molecule has 1 aliphatic carbocycles. The molecule has 0 amide bonds. The molecule has 94 valence electrons. The van der Waals surface area contributed by atoms with Crippen molar-refractivity contribution in [3.8, 4) is 0 Å². The highest BCUT2D eigenvalue weighted by molar-refractivity contribution is 5.06. The maximum Gasteiger partial charge on any atom is 0.0703 e. The molecule has 3 rings (SSSR count). The molecule has 2 aliphatic rings. The van der Waals surface area contributed by atoms with Crippen molar-refractivity contribution in [3.63, 3.8) is 0 Å². The second-order valence-corrected chi connectivity index (χ2v) is 5.40. The lowest BCUT2D eigenvalue weighted by Gasteiger charge is -2.47. The van der Waals surface area contributed by atoms with Gasteiger partial charge in [-0.15, -0.1) is 0 Å². The molecule has 0 radical (unpaired) electrons. The van der Waals surface area contributed by atoms with Gasteiger partial charge in [0.25, 0.3) is 0 Å². The Hall–Kier alpha value is -0.870. The first-order valence-electron chi connectivity index (χ1n) is 6.68. The zero-order valence-corrected chi connectivity index (χ0v) is 10.3. The van der Waals surface area contributed by atoms with Crippen molar-refractivity contribution in [2.45, 2.75) is 50.2 Å². The van der Waals surface area contributed by atoms with Crippen molar-refractivity contribution in [1.29, 1.82) is 0 Å². The number of aromatic nitrogens is 2. The van der Waals surface area contributed by atoms with Gasteiger partial charge in [0, 0.05) is 12.8 Å². The second kappa shape index (κ2) is 4.42. The van der Waals surface area contributed by atoms with E-state index in [2.05, 4.69) is 16.0 Å². The van der Waals surface area contributed by atoms with Crippen molar-refractivity contribution < 1.29 is 4.74 Å². The lowest BCUT2D eigenvalue weighted by molar-refractivity contribution is -0.141. The largest absolute Gasteiger partial charge is 0.375 e. The van der Waals surface area contributed by atoms with E-state index in [0.29, 0.717) is 12.6 Å². The first-order valence-corrected chi connectivity index (χ1v) is 6.68. The first-order chi connectivity index (χ1) is 8.31. The van der Waals surface area contributed by atoms with E-state index in [1.165, 1.54) is 24.8 Å². The molecule has 4 heteroatoms. The zero-order valence-electron chi connectivity index (χ0n) is 10.3. The summed E-state index contributed by atoms with van der Waals surface area (Å²) in [5, 5.41) is 4.49. The molecule has 2 fully saturated rings. The number of nitrogens with zero attached hydrogens (tertiary/aromatic N) is 2. The van der Waals surface area contributed by atoms with Crippen LogP contribution in [0.1, 0.15) is 43.7 Å². The van der Waals surface area contributed by atoms with Crippen molar-refractivity contribution in [2.75, 3.05) is 13.2 Å². The van der Waals surface area contributed by atoms with Crippen LogP contribution in [-0.4, -0.2) is 28.5 Å². The van der Waals surface area contributed by atoms with Gasteiger partial charge in [-0.1, -0.05) is 0 Å². The monoisotopic (exact) mass is 235 g/mol. The average Bonchev–Trinajstić information content (AvgIpc) is 2.76. The minimum Gasteiger partial charge on any atom is -0.375 e. The summed E-state index contributed by atoms with van der Waals surface area (Å²) in [6.07, 6.45) is 11.1. The number of rotatable bonds is 3. The highest BCUT2D eigenvalue weighted by Gasteiger charge is 2.43. The van der Waals surface area contributed by atoms with Gasteiger partial charge in [0.05, 0.1) is 17.8 Å². The van der Waals surface area contributed by atoms with Crippen molar-refractivity contribution in [2.24, 2.45) is 5.73 Å². The molecule has 1 saturated carbocycles. The van der Waals surface area contributed by atoms with Crippen LogP contribution in [0.25, 0.3) is 0 Å². The lowest BCUT2D eigenvalue weighted by Crippen LogP contribution is -2.46. The van der Waals surface area contributed by atoms with E-state index >= 15 is 0 Å². The fourth-order valence-corrected chi connectivity index (χ4v) is 3.02. The molecule has 1 spiro atoms. The molecule has 0 bridgehead atoms. The predicted molar refractivity (Wildman–Crippen MR) is 65.8 cm³/mol. The van der Waals surface area contributed by atoms with E-state index in [1.54, 1.807) is 0 Å². The Morgan fingerprint density at radius 1 is 1.53 bits per heavy atom. The fraction of sp³-hybridized carbons (Fsp3) is 0.769. The van der Waals surface area contributed by atoms with Crippen LogP contribution in [-0.2, 0) is 11.2 Å². The molecular formula is C13H21N3O. The normalized spacial score (nSPS) is 27.0. The van der Waals surface area contributed by atoms with Crippen molar-refractivity contribution >= 4 is 0 Å². The molecule has 1 aromatic rings. The summed E-state index contributed by atoms with van der Waals surface area (Å²) in [5.41, 5.74) is 7.01. The van der Waals surface area contributed by atoms with Crippen LogP contribution >= 0.6 is 0 Å². The fourth-order valence-electron chi connectivity index (χ4n) is 3.02. The Bertz CT molecular complexity index is 384. The number of hydrogen-bond acceptors (Lipinski definition) is 3. The highest BCUT2D eigenvalue weighted by Crippen LogP contribution is 2.45. The summed E-state index contributed by atoms with van der Waals surface area (Å²) in [6, 6.07) is 0.524. The van der Waals surface area contributed by atoms with Gasteiger partial charge in [0.1, 0.15) is 0 Å². The van der Waals surface area contributed by atoms with Gasteiger partial charge in [-0.2, -0.15) is 5.10 Å². The van der Waals surface area contributed by atoms with E-state index in [-0.39, 0.29) is 5.60 Å². The van der Waals surface area contributed by atoms with E-state index in [0.717, 1.165) is 25.9 Å². The second-order valence-electron chi connectivity index (χ2n) is 5.40. The maximum absolute atomic E-state index is 5.95. The minimum absolute atomic E-state index is 0.197. The van der Waals surface area contributed by atoms with Gasteiger partial charge in [-0.05, 0) is 50.6 Å². The highest BCUT2D eigenvalue weighted by atomic mass is 16.5. The molecule has 2 heterocycles. The summed E-state index contributed by atoms with van der Waals surface area (Å²) in [7, 11) is 0. The minimum atomic E-state index is 0.197. The van der Waals surface area contributed by atoms with Crippen molar-refractivity contribution in [3.05, 3.63) is 18.0 Å². The molecule has 1 atom stereocenters. The van der Waals surface area contributed by atoms with Crippen LogP contribution in [0.2, 0.25) is 0 Å². The third-order valence-corrected chi connectivity index (χ3v) is 4.19. The van der Waals surface area contributed by atoms with Crippen molar-refractivity contribution in [1.82, 2.24) is 9.78 Å². The topological polar surface area (TPSA) is 53.1 Å². The number of nitrogens with two attached hydrogens (primary N) is 1. The van der Waals surface area contributed by atoms with E-state index in [1.807, 2.05) is 6.20 Å². The van der Waals surface area contributed by atoms with Gasteiger partial charge in [-0.3, -0.25) is 4.68 Å².